The summed E-state index contributed by atoms with van der Waals surface area (Å²) in [6.07, 6.45) is 1.35. The Bertz CT molecular complexity index is 1080. The lowest BCUT2D eigenvalue weighted by molar-refractivity contribution is 0.313. The lowest BCUT2D eigenvalue weighted by Gasteiger charge is -2.38. The van der Waals surface area contributed by atoms with Crippen molar-refractivity contribution in [2.24, 2.45) is 0 Å². The van der Waals surface area contributed by atoms with E-state index in [9.17, 15) is 0 Å². The zero-order valence-electron chi connectivity index (χ0n) is 19.3. The van der Waals surface area contributed by atoms with Crippen molar-refractivity contribution in [2.45, 2.75) is 26.2 Å². The van der Waals surface area contributed by atoms with Crippen molar-refractivity contribution in [3.63, 3.8) is 0 Å². The van der Waals surface area contributed by atoms with Crippen molar-refractivity contribution >= 4 is 22.5 Å². The Kier molecular flexibility index (Phi) is 7.67. The van der Waals surface area contributed by atoms with E-state index in [0.29, 0.717) is 6.61 Å². The number of hydrogen-bond acceptors (Lipinski definition) is 1. The van der Waals surface area contributed by atoms with E-state index in [-0.39, 0.29) is 0 Å². The molecule has 0 fully saturated rings. The van der Waals surface area contributed by atoms with Crippen LogP contribution in [0.25, 0.3) is 0 Å². The zero-order chi connectivity index (χ0) is 22.8. The average Bonchev–Trinajstić information content (AvgIpc) is 2.90. The number of unbranched alkanes of at least 4 members (excludes halogenated alkanes) is 1. The fraction of sp³-hybridized carbons (Fsp3) is 0.161. The van der Waals surface area contributed by atoms with Crippen molar-refractivity contribution in [3.8, 4) is 17.5 Å². The Morgan fingerprint density at radius 1 is 0.636 bits per heavy atom. The van der Waals surface area contributed by atoms with E-state index < -0.39 is 6.15 Å². The molecule has 0 aliphatic carbocycles. The quantitative estimate of drug-likeness (QED) is 0.215. The molecule has 0 radical (unpaired) electrons. The number of hydrogen-bond donors (Lipinski definition) is 0. The fourth-order valence-corrected chi connectivity index (χ4v) is 4.45. The summed E-state index contributed by atoms with van der Waals surface area (Å²) >= 11 is 0. The first-order valence-electron chi connectivity index (χ1n) is 11.9. The molecule has 0 saturated heterocycles. The molecule has 0 N–H and O–H groups in total. The van der Waals surface area contributed by atoms with E-state index >= 15 is 0 Å². The van der Waals surface area contributed by atoms with Gasteiger partial charge >= 0.3 is 0 Å². The molecule has 4 aromatic rings. The van der Waals surface area contributed by atoms with Crippen LogP contribution in [0.4, 0.5) is 0 Å². The van der Waals surface area contributed by atoms with Gasteiger partial charge in [-0.2, -0.15) is 16.4 Å². The van der Waals surface area contributed by atoms with E-state index in [4.69, 9.17) is 4.74 Å². The second-order valence-corrected chi connectivity index (χ2v) is 8.37. The Morgan fingerprint density at radius 2 is 1.12 bits per heavy atom. The maximum atomic E-state index is 5.93. The molecular formula is C31H30BO-. The first-order chi connectivity index (χ1) is 16.3. The van der Waals surface area contributed by atoms with Crippen molar-refractivity contribution in [1.29, 1.82) is 0 Å². The predicted molar refractivity (Wildman–Crippen MR) is 142 cm³/mol. The summed E-state index contributed by atoms with van der Waals surface area (Å²) in [5.41, 5.74) is 5.06. The van der Waals surface area contributed by atoms with Gasteiger partial charge in [0.15, 0.2) is 0 Å². The molecule has 0 spiro atoms. The van der Waals surface area contributed by atoms with Crippen LogP contribution in [0.3, 0.4) is 0 Å². The van der Waals surface area contributed by atoms with Gasteiger partial charge in [0.2, 0.25) is 0 Å². The van der Waals surface area contributed by atoms with Crippen LogP contribution in [0.2, 0.25) is 0 Å². The third kappa shape index (κ3) is 5.39. The van der Waals surface area contributed by atoms with Crippen LogP contribution in [-0.4, -0.2) is 12.8 Å². The molecule has 0 aliphatic heterocycles. The van der Waals surface area contributed by atoms with Gasteiger partial charge in [0.05, 0.1) is 6.61 Å². The van der Waals surface area contributed by atoms with Crippen molar-refractivity contribution in [3.05, 3.63) is 121 Å². The molecule has 4 aromatic carbocycles. The Hall–Kier alpha value is -3.70. The molecule has 2 heteroatoms. The average molecular weight is 429 g/mol. The summed E-state index contributed by atoms with van der Waals surface area (Å²) in [5.74, 6) is 8.20. The molecule has 0 bridgehead atoms. The van der Waals surface area contributed by atoms with Gasteiger partial charge in [0.1, 0.15) is 11.9 Å². The molecule has 0 unspecified atom stereocenters. The van der Waals surface area contributed by atoms with Gasteiger partial charge in [-0.05, 0) is 30.5 Å². The highest BCUT2D eigenvalue weighted by atomic mass is 16.5. The van der Waals surface area contributed by atoms with E-state index in [2.05, 4.69) is 134 Å². The van der Waals surface area contributed by atoms with Crippen LogP contribution in [0.1, 0.15) is 25.3 Å². The summed E-state index contributed by atoms with van der Waals surface area (Å²) in [5, 5.41) is 0. The Labute approximate surface area is 198 Å². The molecule has 0 heterocycles. The van der Waals surface area contributed by atoms with Crippen LogP contribution < -0.4 is 21.1 Å². The summed E-state index contributed by atoms with van der Waals surface area (Å²) < 4.78 is 5.93. The Morgan fingerprint density at radius 3 is 1.58 bits per heavy atom. The van der Waals surface area contributed by atoms with Crippen molar-refractivity contribution < 1.29 is 4.74 Å². The maximum absolute atomic E-state index is 5.93. The van der Waals surface area contributed by atoms with Gasteiger partial charge in [-0.1, -0.05) is 110 Å². The van der Waals surface area contributed by atoms with Crippen LogP contribution in [-0.2, 0) is 6.42 Å². The second-order valence-electron chi connectivity index (χ2n) is 8.37. The molecule has 0 aromatic heterocycles. The molecule has 0 atom stereocenters. The van der Waals surface area contributed by atoms with Crippen LogP contribution >= 0.6 is 0 Å². The topological polar surface area (TPSA) is 9.23 Å². The molecule has 33 heavy (non-hydrogen) atoms. The molecule has 1 nitrogen and oxygen atoms in total. The zero-order valence-corrected chi connectivity index (χ0v) is 19.3. The van der Waals surface area contributed by atoms with E-state index in [1.54, 1.807) is 0 Å². The van der Waals surface area contributed by atoms with E-state index in [0.717, 1.165) is 25.0 Å². The molecule has 0 saturated carbocycles. The minimum absolute atomic E-state index is 0.669. The summed E-state index contributed by atoms with van der Waals surface area (Å²) in [7, 11) is 0. The lowest BCUT2D eigenvalue weighted by Crippen LogP contribution is -2.66. The van der Waals surface area contributed by atoms with Gasteiger partial charge in [-0.25, -0.2) is 0 Å². The van der Waals surface area contributed by atoms with Crippen LogP contribution in [0, 0.1) is 11.7 Å². The highest BCUT2D eigenvalue weighted by Crippen LogP contribution is 2.13. The van der Waals surface area contributed by atoms with Gasteiger partial charge in [0.25, 0.3) is 0 Å². The molecular weight excluding hydrogens is 399 g/mol. The third-order valence-corrected chi connectivity index (χ3v) is 6.26. The number of rotatable bonds is 8. The van der Waals surface area contributed by atoms with E-state index in [1.165, 1.54) is 22.0 Å². The van der Waals surface area contributed by atoms with Crippen LogP contribution in [0.15, 0.2) is 115 Å². The first kappa shape index (κ1) is 22.5. The largest absolute Gasteiger partial charge is 0.494 e. The minimum atomic E-state index is -1.39. The predicted octanol–water partition coefficient (Wildman–Crippen LogP) is 5.12. The number of benzene rings is 4. The molecule has 0 aliphatic rings. The lowest BCUT2D eigenvalue weighted by atomic mass is 9.16. The Balaban J connectivity index is 1.58. The minimum Gasteiger partial charge on any atom is -0.494 e. The monoisotopic (exact) mass is 429 g/mol. The van der Waals surface area contributed by atoms with E-state index in [1.807, 2.05) is 0 Å². The van der Waals surface area contributed by atoms with Gasteiger partial charge < -0.3 is 4.74 Å². The van der Waals surface area contributed by atoms with Crippen molar-refractivity contribution in [1.82, 2.24) is 0 Å². The van der Waals surface area contributed by atoms with Gasteiger partial charge in [-0.3, -0.25) is 5.82 Å². The van der Waals surface area contributed by atoms with Gasteiger partial charge in [0, 0.05) is 6.42 Å². The molecule has 0 amide bonds. The maximum Gasteiger partial charge on any atom is 0.149 e. The SMILES string of the molecule is CCc1ccc(OCCCC#C[B-](c2ccccc2)(c2ccccc2)c2ccccc2)cc1. The molecule has 4 rings (SSSR count). The first-order valence-corrected chi connectivity index (χ1v) is 11.9. The third-order valence-electron chi connectivity index (χ3n) is 6.26. The van der Waals surface area contributed by atoms with Crippen molar-refractivity contribution in [2.75, 3.05) is 6.61 Å². The summed E-state index contributed by atoms with van der Waals surface area (Å²) in [6, 6.07) is 40.5. The highest BCUT2D eigenvalue weighted by molar-refractivity contribution is 7.16. The van der Waals surface area contributed by atoms with Crippen LogP contribution in [0.5, 0.6) is 5.75 Å². The number of aryl methyl sites for hydroxylation is 1. The molecule has 164 valence electrons. The second kappa shape index (κ2) is 11.3. The smallest absolute Gasteiger partial charge is 0.149 e. The standard InChI is InChI=1S/C31H30BO/c1-2-27-21-23-31(24-22-27)33-26-14-6-13-25-32(28-15-7-3-8-16-28,29-17-9-4-10-18-29)30-19-11-5-12-20-30/h3-5,7-12,15-24H,2,6,14,26H2,1H3/q-1. The fourth-order valence-electron chi connectivity index (χ4n) is 4.45. The summed E-state index contributed by atoms with van der Waals surface area (Å²) in [6.45, 7) is 2.83. The highest BCUT2D eigenvalue weighted by Gasteiger charge is 2.27. The normalized spacial score (nSPS) is 10.8. The number of ether oxygens (including phenoxy) is 1. The summed E-state index contributed by atoms with van der Waals surface area (Å²) in [4.78, 5) is 0. The van der Waals surface area contributed by atoms with Gasteiger partial charge in [-0.15, -0.1) is 5.92 Å².